The minimum atomic E-state index is 0.155. The zero-order chi connectivity index (χ0) is 20.2. The number of thioether (sulfide) groups is 1. The summed E-state index contributed by atoms with van der Waals surface area (Å²) in [6.07, 6.45) is 0. The molecule has 150 valence electrons. The number of rotatable bonds is 5. The fourth-order valence-electron chi connectivity index (χ4n) is 3.47. The zero-order valence-corrected chi connectivity index (χ0v) is 17.6. The zero-order valence-electron chi connectivity index (χ0n) is 16.8. The van der Waals surface area contributed by atoms with Crippen LogP contribution in [0.15, 0.2) is 59.8 Å². The fourth-order valence-corrected chi connectivity index (χ4v) is 4.28. The second-order valence-electron chi connectivity index (χ2n) is 7.22. The molecule has 7 heteroatoms. The molecule has 0 saturated carbocycles. The molecule has 0 atom stereocenters. The van der Waals surface area contributed by atoms with E-state index in [1.54, 1.807) is 0 Å². The van der Waals surface area contributed by atoms with E-state index in [2.05, 4.69) is 58.4 Å². The minimum absolute atomic E-state index is 0.155. The molecule has 0 spiro atoms. The van der Waals surface area contributed by atoms with Crippen molar-refractivity contribution in [1.82, 2.24) is 19.7 Å². The normalized spacial score (nSPS) is 14.3. The lowest BCUT2D eigenvalue weighted by Gasteiger charge is -2.36. The van der Waals surface area contributed by atoms with Crippen molar-refractivity contribution in [3.05, 3.63) is 60.2 Å². The van der Waals surface area contributed by atoms with E-state index in [1.807, 2.05) is 34.7 Å². The number of para-hydroxylation sites is 1. The van der Waals surface area contributed by atoms with Gasteiger partial charge in [-0.1, -0.05) is 59.8 Å². The molecule has 1 saturated heterocycles. The summed E-state index contributed by atoms with van der Waals surface area (Å²) in [5.74, 6) is 1.35. The maximum atomic E-state index is 12.7. The summed E-state index contributed by atoms with van der Waals surface area (Å²) < 4.78 is 1.95. The lowest BCUT2D eigenvalue weighted by atomic mass is 10.1. The third-order valence-electron chi connectivity index (χ3n) is 5.22. The third-order valence-corrected chi connectivity index (χ3v) is 6.23. The SMILES string of the molecule is Cc1ccc(-c2nnc(SCC(=O)N3CCN(c4ccccc4)CC3)n2C)cc1. The molecular formula is C22H25N5OS. The smallest absolute Gasteiger partial charge is 0.233 e. The van der Waals surface area contributed by atoms with Gasteiger partial charge in [-0.2, -0.15) is 0 Å². The van der Waals surface area contributed by atoms with E-state index in [0.717, 1.165) is 42.7 Å². The monoisotopic (exact) mass is 407 g/mol. The predicted octanol–water partition coefficient (Wildman–Crippen LogP) is 3.23. The Balaban J connectivity index is 1.32. The van der Waals surface area contributed by atoms with E-state index in [-0.39, 0.29) is 5.91 Å². The van der Waals surface area contributed by atoms with Gasteiger partial charge in [-0.05, 0) is 19.1 Å². The highest BCUT2D eigenvalue weighted by Crippen LogP contribution is 2.23. The van der Waals surface area contributed by atoms with E-state index in [0.29, 0.717) is 5.75 Å². The Kier molecular flexibility index (Phi) is 5.85. The first-order chi connectivity index (χ1) is 14.1. The van der Waals surface area contributed by atoms with Crippen LogP contribution in [0.4, 0.5) is 5.69 Å². The highest BCUT2D eigenvalue weighted by Gasteiger charge is 2.22. The van der Waals surface area contributed by atoms with E-state index < -0.39 is 0 Å². The molecule has 0 bridgehead atoms. The average Bonchev–Trinajstić information content (AvgIpc) is 3.13. The molecule has 1 fully saturated rings. The van der Waals surface area contributed by atoms with Crippen LogP contribution in [-0.4, -0.2) is 57.5 Å². The average molecular weight is 408 g/mol. The molecule has 0 unspecified atom stereocenters. The van der Waals surface area contributed by atoms with Crippen molar-refractivity contribution in [2.75, 3.05) is 36.8 Å². The van der Waals surface area contributed by atoms with Gasteiger partial charge in [0, 0.05) is 44.5 Å². The van der Waals surface area contributed by atoms with Crippen LogP contribution in [0.5, 0.6) is 0 Å². The minimum Gasteiger partial charge on any atom is -0.368 e. The van der Waals surface area contributed by atoms with Crippen molar-refractivity contribution in [1.29, 1.82) is 0 Å². The lowest BCUT2D eigenvalue weighted by molar-refractivity contribution is -0.128. The fraction of sp³-hybridized carbons (Fsp3) is 0.318. The lowest BCUT2D eigenvalue weighted by Crippen LogP contribution is -2.49. The van der Waals surface area contributed by atoms with Gasteiger partial charge in [-0.3, -0.25) is 4.79 Å². The molecule has 1 aliphatic heterocycles. The molecule has 3 aromatic rings. The number of hydrogen-bond donors (Lipinski definition) is 0. The Bertz CT molecular complexity index is 963. The first-order valence-electron chi connectivity index (χ1n) is 9.79. The Hall–Kier alpha value is -2.80. The number of amides is 1. The molecule has 2 heterocycles. The molecule has 1 amide bonds. The van der Waals surface area contributed by atoms with Crippen molar-refractivity contribution in [2.24, 2.45) is 7.05 Å². The highest BCUT2D eigenvalue weighted by molar-refractivity contribution is 7.99. The number of carbonyl (C=O) groups excluding carboxylic acids is 1. The molecule has 6 nitrogen and oxygen atoms in total. The van der Waals surface area contributed by atoms with Crippen LogP contribution in [0.25, 0.3) is 11.4 Å². The standard InChI is InChI=1S/C22H25N5OS/c1-17-8-10-18(11-9-17)21-23-24-22(25(21)2)29-16-20(28)27-14-12-26(13-15-27)19-6-4-3-5-7-19/h3-11H,12-16H2,1-2H3. The van der Waals surface area contributed by atoms with E-state index >= 15 is 0 Å². The van der Waals surface area contributed by atoms with Gasteiger partial charge in [0.25, 0.3) is 0 Å². The van der Waals surface area contributed by atoms with Crippen LogP contribution in [-0.2, 0) is 11.8 Å². The van der Waals surface area contributed by atoms with E-state index in [4.69, 9.17) is 0 Å². The molecule has 0 radical (unpaired) electrons. The summed E-state index contributed by atoms with van der Waals surface area (Å²) in [5.41, 5.74) is 3.46. The van der Waals surface area contributed by atoms with Gasteiger partial charge < -0.3 is 14.4 Å². The van der Waals surface area contributed by atoms with Gasteiger partial charge in [0.15, 0.2) is 11.0 Å². The molecule has 1 aromatic heterocycles. The summed E-state index contributed by atoms with van der Waals surface area (Å²) in [6.45, 7) is 5.29. The predicted molar refractivity (Wildman–Crippen MR) is 117 cm³/mol. The summed E-state index contributed by atoms with van der Waals surface area (Å²) in [6, 6.07) is 18.6. The molecule has 2 aromatic carbocycles. The number of carbonyl (C=O) groups is 1. The second-order valence-corrected chi connectivity index (χ2v) is 8.17. The first kappa shape index (κ1) is 19.5. The van der Waals surface area contributed by atoms with Crippen molar-refractivity contribution in [3.8, 4) is 11.4 Å². The van der Waals surface area contributed by atoms with Crippen molar-refractivity contribution < 1.29 is 4.79 Å². The van der Waals surface area contributed by atoms with Gasteiger partial charge in [0.05, 0.1) is 5.75 Å². The molecule has 0 aliphatic carbocycles. The summed E-state index contributed by atoms with van der Waals surface area (Å²) in [4.78, 5) is 16.9. The molecule has 29 heavy (non-hydrogen) atoms. The number of hydrogen-bond acceptors (Lipinski definition) is 5. The van der Waals surface area contributed by atoms with Crippen molar-refractivity contribution >= 4 is 23.4 Å². The topological polar surface area (TPSA) is 54.3 Å². The van der Waals surface area contributed by atoms with Crippen molar-refractivity contribution in [3.63, 3.8) is 0 Å². The van der Waals surface area contributed by atoms with E-state index in [1.165, 1.54) is 23.0 Å². The highest BCUT2D eigenvalue weighted by atomic mass is 32.2. The molecule has 1 aliphatic rings. The number of anilines is 1. The first-order valence-corrected chi connectivity index (χ1v) is 10.8. The summed E-state index contributed by atoms with van der Waals surface area (Å²) in [5, 5.41) is 9.35. The summed E-state index contributed by atoms with van der Waals surface area (Å²) in [7, 11) is 1.95. The number of piperazine rings is 1. The maximum Gasteiger partial charge on any atom is 0.233 e. The van der Waals surface area contributed by atoms with E-state index in [9.17, 15) is 4.79 Å². The quantitative estimate of drug-likeness (QED) is 0.608. The second kappa shape index (κ2) is 8.69. The van der Waals surface area contributed by atoms with Gasteiger partial charge in [-0.15, -0.1) is 10.2 Å². The van der Waals surface area contributed by atoms with Crippen LogP contribution < -0.4 is 4.90 Å². The number of benzene rings is 2. The largest absolute Gasteiger partial charge is 0.368 e. The van der Waals surface area contributed by atoms with Crippen LogP contribution in [0, 0.1) is 6.92 Å². The van der Waals surface area contributed by atoms with Crippen LogP contribution >= 0.6 is 11.8 Å². The summed E-state index contributed by atoms with van der Waals surface area (Å²) >= 11 is 1.45. The van der Waals surface area contributed by atoms with Crippen molar-refractivity contribution in [2.45, 2.75) is 12.1 Å². The number of aryl methyl sites for hydroxylation is 1. The van der Waals surface area contributed by atoms with Gasteiger partial charge >= 0.3 is 0 Å². The van der Waals surface area contributed by atoms with Crippen LogP contribution in [0.3, 0.4) is 0 Å². The Morgan fingerprint density at radius 2 is 1.66 bits per heavy atom. The third kappa shape index (κ3) is 4.45. The van der Waals surface area contributed by atoms with Crippen LogP contribution in [0.1, 0.15) is 5.56 Å². The molecule has 0 N–H and O–H groups in total. The van der Waals surface area contributed by atoms with Gasteiger partial charge in [0.2, 0.25) is 5.91 Å². The van der Waals surface area contributed by atoms with Gasteiger partial charge in [-0.25, -0.2) is 0 Å². The van der Waals surface area contributed by atoms with Gasteiger partial charge in [0.1, 0.15) is 0 Å². The molecular weight excluding hydrogens is 382 g/mol. The maximum absolute atomic E-state index is 12.7. The van der Waals surface area contributed by atoms with Crippen LogP contribution in [0.2, 0.25) is 0 Å². The number of aromatic nitrogens is 3. The Morgan fingerprint density at radius 3 is 2.34 bits per heavy atom. The Morgan fingerprint density at radius 1 is 0.966 bits per heavy atom. The molecule has 4 rings (SSSR count). The number of nitrogens with zero attached hydrogens (tertiary/aromatic N) is 5. The Labute approximate surface area is 175 Å².